The Morgan fingerprint density at radius 3 is 1.64 bits per heavy atom. The predicted molar refractivity (Wildman–Crippen MR) is 128 cm³/mol. The number of hydrogen-bond acceptors (Lipinski definition) is 4. The van der Waals surface area contributed by atoms with Crippen LogP contribution >= 0.6 is 0 Å². The Kier molecular flexibility index (Phi) is 10.3. The molecule has 3 rings (SSSR count). The fraction of sp³-hybridized carbons (Fsp3) is 0.0800. The first-order valence-corrected chi connectivity index (χ1v) is 12.5. The molecule has 4 nitrogen and oxygen atoms in total. The molecular weight excluding hydrogens is 555 g/mol. The summed E-state index contributed by atoms with van der Waals surface area (Å²) in [4.78, 5) is 13.0. The fourth-order valence-electron chi connectivity index (χ4n) is 3.07. The number of halogens is 8. The van der Waals surface area contributed by atoms with Crippen LogP contribution in [0.15, 0.2) is 77.2 Å². The van der Waals surface area contributed by atoms with Gasteiger partial charge in [0.2, 0.25) is 5.78 Å². The highest BCUT2D eigenvalue weighted by Crippen LogP contribution is 2.23. The summed E-state index contributed by atoms with van der Waals surface area (Å²) in [6.45, 7) is -6.30. The van der Waals surface area contributed by atoms with Crippen molar-refractivity contribution >= 4 is 28.2 Å². The molecule has 14 heteroatoms. The lowest BCUT2D eigenvalue weighted by Crippen LogP contribution is -2.41. The molecule has 0 spiro atoms. The SMILES string of the molecule is Fc1c(F)c(F)c([B-](F)(F)F)c(F)c1F.N#CC(C#N)=CC[S+](=O)(CC(=O)c1ccccc1)c1ccccc1. The second-order valence-electron chi connectivity index (χ2n) is 7.62. The van der Waals surface area contributed by atoms with E-state index in [1.165, 1.54) is 6.08 Å². The number of rotatable bonds is 7. The van der Waals surface area contributed by atoms with Crippen molar-refractivity contribution in [1.82, 2.24) is 0 Å². The number of carbonyl (C=O) groups is 1. The zero-order chi connectivity index (χ0) is 29.4. The molecule has 0 radical (unpaired) electrons. The molecule has 0 aliphatic rings. The minimum atomic E-state index is -6.30. The standard InChI is InChI=1S/C19H15N2O2S.C6BF8/c20-13-16(14-21)11-12-24(23,18-9-5-2-6-10-18)15-19(22)17-7-3-1-4-8-17;8-2-1(7(13,14)15)3(9)5(11)6(12)4(2)10/h1-11H,12,15H2;/q+1;-1. The first kappa shape index (κ1) is 30.9. The molecule has 0 aliphatic heterocycles. The molecule has 1 atom stereocenters. The summed E-state index contributed by atoms with van der Waals surface area (Å²) in [5.74, 6) is -14.0. The maximum atomic E-state index is 13.4. The Bertz CT molecular complexity index is 1470. The van der Waals surface area contributed by atoms with E-state index in [1.807, 2.05) is 0 Å². The Labute approximate surface area is 218 Å². The molecule has 0 aromatic heterocycles. The van der Waals surface area contributed by atoms with Crippen molar-refractivity contribution in [3.63, 3.8) is 0 Å². The highest BCUT2D eigenvalue weighted by molar-refractivity contribution is 8.03. The monoisotopic (exact) mass is 570 g/mol. The van der Waals surface area contributed by atoms with Crippen molar-refractivity contribution in [2.45, 2.75) is 4.90 Å². The Hall–Kier alpha value is -4.30. The second-order valence-corrected chi connectivity index (χ2v) is 10.3. The van der Waals surface area contributed by atoms with Gasteiger partial charge in [-0.1, -0.05) is 52.7 Å². The minimum Gasteiger partial charge on any atom is -0.445 e. The molecule has 0 amide bonds. The van der Waals surface area contributed by atoms with Crippen LogP contribution in [-0.2, 0) is 14.1 Å². The van der Waals surface area contributed by atoms with E-state index < -0.39 is 51.5 Å². The van der Waals surface area contributed by atoms with Crippen molar-refractivity contribution in [3.05, 3.63) is 107 Å². The topological polar surface area (TPSA) is 81.7 Å². The van der Waals surface area contributed by atoms with E-state index in [-0.39, 0.29) is 22.9 Å². The van der Waals surface area contributed by atoms with E-state index in [9.17, 15) is 43.9 Å². The highest BCUT2D eigenvalue weighted by Gasteiger charge is 2.38. The lowest BCUT2D eigenvalue weighted by molar-refractivity contribution is 0.102. The molecular formula is C25H15BF8N2O2S. The number of nitriles is 2. The smallest absolute Gasteiger partial charge is 0.445 e. The predicted octanol–water partition coefficient (Wildman–Crippen LogP) is 5.84. The molecule has 0 saturated carbocycles. The fourth-order valence-corrected chi connectivity index (χ4v) is 5.23. The summed E-state index contributed by atoms with van der Waals surface area (Å²) in [7, 11) is -2.76. The van der Waals surface area contributed by atoms with Crippen LogP contribution in [0.3, 0.4) is 0 Å². The van der Waals surface area contributed by atoms with Crippen LogP contribution in [0.4, 0.5) is 34.9 Å². The van der Waals surface area contributed by atoms with Crippen molar-refractivity contribution in [3.8, 4) is 12.1 Å². The Morgan fingerprint density at radius 2 is 1.21 bits per heavy atom. The van der Waals surface area contributed by atoms with E-state index >= 15 is 0 Å². The van der Waals surface area contributed by atoms with E-state index in [0.29, 0.717) is 10.5 Å². The van der Waals surface area contributed by atoms with Gasteiger partial charge in [0.15, 0.2) is 28.1 Å². The summed E-state index contributed by atoms with van der Waals surface area (Å²) in [6, 6.07) is 20.9. The molecule has 39 heavy (non-hydrogen) atoms. The lowest BCUT2D eigenvalue weighted by Gasteiger charge is -2.17. The maximum absolute atomic E-state index is 13.4. The van der Waals surface area contributed by atoms with Gasteiger partial charge in [0.1, 0.15) is 45.0 Å². The largest absolute Gasteiger partial charge is 0.515 e. The van der Waals surface area contributed by atoms with Gasteiger partial charge < -0.3 is 12.9 Å². The molecule has 0 N–H and O–H groups in total. The van der Waals surface area contributed by atoms with E-state index in [0.717, 1.165) is 0 Å². The number of nitrogens with zero attached hydrogens (tertiary/aromatic N) is 2. The normalized spacial score (nSPS) is 12.2. The van der Waals surface area contributed by atoms with E-state index in [1.54, 1.807) is 72.8 Å². The molecule has 202 valence electrons. The quantitative estimate of drug-likeness (QED) is 0.0681. The summed E-state index contributed by atoms with van der Waals surface area (Å²) in [5, 5.41) is 17.7. The average Bonchev–Trinajstić information content (AvgIpc) is 2.92. The van der Waals surface area contributed by atoms with Gasteiger partial charge in [0, 0.05) is 5.56 Å². The Balaban J connectivity index is 0.000000306. The van der Waals surface area contributed by atoms with Crippen LogP contribution in [0.1, 0.15) is 10.4 Å². The summed E-state index contributed by atoms with van der Waals surface area (Å²) in [6.07, 6.45) is 1.34. The highest BCUT2D eigenvalue weighted by atomic mass is 32.2. The maximum Gasteiger partial charge on any atom is 0.515 e. The van der Waals surface area contributed by atoms with E-state index in [2.05, 4.69) is 0 Å². The number of allylic oxidation sites excluding steroid dienone is 1. The van der Waals surface area contributed by atoms with Crippen LogP contribution < -0.4 is 5.46 Å². The molecule has 0 fully saturated rings. The van der Waals surface area contributed by atoms with Gasteiger partial charge in [0.05, 0.1) is 0 Å². The van der Waals surface area contributed by atoms with Crippen LogP contribution in [0.25, 0.3) is 0 Å². The third-order valence-electron chi connectivity index (χ3n) is 5.00. The molecule has 0 bridgehead atoms. The first-order valence-electron chi connectivity index (χ1n) is 10.6. The van der Waals surface area contributed by atoms with Crippen LogP contribution in [0.2, 0.25) is 0 Å². The number of Topliss-reactive ketones (excluding diaryl/α,β-unsaturated/α-hetero) is 1. The van der Waals surface area contributed by atoms with Crippen LogP contribution in [-0.4, -0.2) is 24.3 Å². The number of ketones is 1. The number of hydrogen-bond donors (Lipinski definition) is 0. The molecule has 0 saturated heterocycles. The van der Waals surface area contributed by atoms with Gasteiger partial charge in [-0.2, -0.15) is 10.5 Å². The average molecular weight is 570 g/mol. The first-order chi connectivity index (χ1) is 18.3. The molecule has 1 unspecified atom stereocenters. The van der Waals surface area contributed by atoms with E-state index in [4.69, 9.17) is 10.5 Å². The Morgan fingerprint density at radius 1 is 0.769 bits per heavy atom. The lowest BCUT2D eigenvalue weighted by atomic mass is 9.79. The third-order valence-corrected chi connectivity index (χ3v) is 7.57. The number of carbonyl (C=O) groups excluding carboxylic acids is 1. The van der Waals surface area contributed by atoms with Crippen LogP contribution in [0.5, 0.6) is 0 Å². The van der Waals surface area contributed by atoms with Gasteiger partial charge in [-0.15, -0.1) is 0 Å². The van der Waals surface area contributed by atoms with Crippen molar-refractivity contribution in [1.29, 1.82) is 10.5 Å². The molecule has 3 aromatic rings. The molecule has 0 heterocycles. The zero-order valence-electron chi connectivity index (χ0n) is 19.5. The second kappa shape index (κ2) is 13.0. The van der Waals surface area contributed by atoms with Crippen molar-refractivity contribution in [2.24, 2.45) is 0 Å². The zero-order valence-corrected chi connectivity index (χ0v) is 20.3. The summed E-state index contributed by atoms with van der Waals surface area (Å²) >= 11 is 0. The van der Waals surface area contributed by atoms with Gasteiger partial charge in [-0.25, -0.2) is 22.0 Å². The summed E-state index contributed by atoms with van der Waals surface area (Å²) < 4.78 is 111. The minimum absolute atomic E-state index is 0.0218. The van der Waals surface area contributed by atoms with Gasteiger partial charge >= 0.3 is 6.98 Å². The molecule has 0 aliphatic carbocycles. The molecule has 3 aromatic carbocycles. The van der Waals surface area contributed by atoms with Gasteiger partial charge in [-0.05, 0) is 23.7 Å². The number of benzene rings is 3. The van der Waals surface area contributed by atoms with Gasteiger partial charge in [-0.3, -0.25) is 4.79 Å². The summed E-state index contributed by atoms with van der Waals surface area (Å²) in [5.41, 5.74) is -2.34. The van der Waals surface area contributed by atoms with Crippen LogP contribution in [0, 0.1) is 51.7 Å². The third kappa shape index (κ3) is 7.61. The van der Waals surface area contributed by atoms with Crippen molar-refractivity contribution < 1.29 is 43.9 Å². The van der Waals surface area contributed by atoms with Gasteiger partial charge in [0.25, 0.3) is 0 Å². The van der Waals surface area contributed by atoms with Crippen molar-refractivity contribution in [2.75, 3.05) is 11.5 Å².